The Hall–Kier alpha value is -2.64. The smallest absolute Gasteiger partial charge is 0.127 e. The van der Waals surface area contributed by atoms with E-state index in [0.717, 1.165) is 54.4 Å². The van der Waals surface area contributed by atoms with Gasteiger partial charge in [-0.15, -0.1) is 0 Å². The number of H-pyrrole nitrogens is 1. The summed E-state index contributed by atoms with van der Waals surface area (Å²) >= 11 is 0. The normalized spacial score (nSPS) is 24.4. The second kappa shape index (κ2) is 7.25. The van der Waals surface area contributed by atoms with Crippen LogP contribution in [0.3, 0.4) is 0 Å². The molecule has 2 fully saturated rings. The lowest BCUT2D eigenvalue weighted by molar-refractivity contribution is -0.00344. The van der Waals surface area contributed by atoms with E-state index in [1.165, 1.54) is 25.0 Å². The largest absolute Gasteiger partial charge is 0.491 e. The number of morpholine rings is 1. The van der Waals surface area contributed by atoms with Crippen LogP contribution in [0.25, 0.3) is 11.0 Å². The third-order valence-electron chi connectivity index (χ3n) is 6.43. The summed E-state index contributed by atoms with van der Waals surface area (Å²) in [6.07, 6.45) is 2.42. The van der Waals surface area contributed by atoms with Gasteiger partial charge in [-0.1, -0.05) is 12.1 Å². The van der Waals surface area contributed by atoms with Crippen molar-refractivity contribution in [3.63, 3.8) is 0 Å². The second-order valence-electron chi connectivity index (χ2n) is 8.43. The third kappa shape index (κ3) is 3.22. The molecule has 2 N–H and O–H groups in total. The number of fused-ring (bicyclic) bond motifs is 2. The van der Waals surface area contributed by atoms with Crippen LogP contribution in [0.5, 0.6) is 5.75 Å². The average molecular weight is 408 g/mol. The van der Waals surface area contributed by atoms with Crippen molar-refractivity contribution < 1.29 is 13.9 Å². The van der Waals surface area contributed by atoms with Crippen LogP contribution in [0.4, 0.5) is 10.1 Å². The zero-order chi connectivity index (χ0) is 20.1. The highest BCUT2D eigenvalue weighted by Gasteiger charge is 2.36. The fourth-order valence-corrected chi connectivity index (χ4v) is 4.65. The van der Waals surface area contributed by atoms with Gasteiger partial charge in [0.25, 0.3) is 0 Å². The van der Waals surface area contributed by atoms with E-state index in [2.05, 4.69) is 27.3 Å². The van der Waals surface area contributed by atoms with Crippen molar-refractivity contribution in [1.29, 1.82) is 0 Å². The number of nitrogens with one attached hydrogen (secondary N) is 2. The minimum absolute atomic E-state index is 0.0286. The summed E-state index contributed by atoms with van der Waals surface area (Å²) in [7, 11) is 0. The molecule has 0 amide bonds. The molecule has 0 spiro atoms. The molecule has 1 saturated heterocycles. The minimum atomic E-state index is -0.277. The molecule has 1 aromatic heterocycles. The number of aromatic nitrogens is 2. The Balaban J connectivity index is 1.39. The standard InChI is InChI=1S/C23H25FN4O2/c24-15-6-7-16-20(12-15)30-13-19(28-8-10-29-11-9-28)21(16)25-17-2-1-3-18-22(17)27-23(26-18)14-4-5-14/h1-3,6-7,12,14,19,21,25H,4-5,8-11,13H2,(H,26,27). The molecule has 7 heteroatoms. The van der Waals surface area contributed by atoms with E-state index >= 15 is 0 Å². The molecule has 2 aromatic carbocycles. The van der Waals surface area contributed by atoms with Crippen LogP contribution in [-0.4, -0.2) is 53.8 Å². The van der Waals surface area contributed by atoms with Gasteiger partial charge in [-0.2, -0.15) is 0 Å². The quantitative estimate of drug-likeness (QED) is 0.687. The van der Waals surface area contributed by atoms with Gasteiger partial charge in [0.2, 0.25) is 0 Å². The van der Waals surface area contributed by atoms with E-state index in [0.29, 0.717) is 18.3 Å². The first kappa shape index (κ1) is 18.2. The fraction of sp³-hybridized carbons (Fsp3) is 0.435. The van der Waals surface area contributed by atoms with Crippen molar-refractivity contribution in [1.82, 2.24) is 14.9 Å². The summed E-state index contributed by atoms with van der Waals surface area (Å²) in [6, 6.07) is 11.1. The number of aromatic amines is 1. The summed E-state index contributed by atoms with van der Waals surface area (Å²) in [4.78, 5) is 10.8. The minimum Gasteiger partial charge on any atom is -0.491 e. The van der Waals surface area contributed by atoms with Crippen molar-refractivity contribution in [2.75, 3.05) is 38.2 Å². The Morgan fingerprint density at radius 2 is 2.00 bits per heavy atom. The monoisotopic (exact) mass is 408 g/mol. The van der Waals surface area contributed by atoms with Gasteiger partial charge in [-0.05, 0) is 31.0 Å². The predicted octanol–water partition coefficient (Wildman–Crippen LogP) is 3.83. The summed E-state index contributed by atoms with van der Waals surface area (Å²) in [5, 5.41) is 3.75. The number of ether oxygens (including phenoxy) is 2. The highest BCUT2D eigenvalue weighted by atomic mass is 19.1. The van der Waals surface area contributed by atoms with Gasteiger partial charge in [0.15, 0.2) is 0 Å². The van der Waals surface area contributed by atoms with Crippen LogP contribution in [0, 0.1) is 5.82 Å². The van der Waals surface area contributed by atoms with Crippen molar-refractivity contribution in [2.24, 2.45) is 0 Å². The number of nitrogens with zero attached hydrogens (tertiary/aromatic N) is 2. The topological polar surface area (TPSA) is 62.4 Å². The first-order valence-corrected chi connectivity index (χ1v) is 10.8. The molecule has 1 saturated carbocycles. The van der Waals surface area contributed by atoms with Crippen LogP contribution in [0.1, 0.15) is 36.2 Å². The van der Waals surface area contributed by atoms with E-state index in [4.69, 9.17) is 14.5 Å². The number of imidazole rings is 1. The Bertz CT molecular complexity index is 1070. The number of anilines is 1. The van der Waals surface area contributed by atoms with Crippen LogP contribution in [0.2, 0.25) is 0 Å². The van der Waals surface area contributed by atoms with Gasteiger partial charge >= 0.3 is 0 Å². The maximum absolute atomic E-state index is 13.9. The number of rotatable bonds is 4. The molecular formula is C23H25FN4O2. The highest BCUT2D eigenvalue weighted by Crippen LogP contribution is 2.41. The number of benzene rings is 2. The zero-order valence-electron chi connectivity index (χ0n) is 16.7. The van der Waals surface area contributed by atoms with Crippen LogP contribution >= 0.6 is 0 Å². The van der Waals surface area contributed by atoms with Gasteiger partial charge in [-0.25, -0.2) is 9.37 Å². The van der Waals surface area contributed by atoms with E-state index in [1.807, 2.05) is 12.1 Å². The molecule has 2 atom stereocenters. The molecule has 6 rings (SSSR count). The molecule has 3 aromatic rings. The van der Waals surface area contributed by atoms with Crippen molar-refractivity contribution in [3.8, 4) is 5.75 Å². The maximum atomic E-state index is 13.9. The lowest BCUT2D eigenvalue weighted by Gasteiger charge is -2.42. The molecule has 6 nitrogen and oxygen atoms in total. The van der Waals surface area contributed by atoms with E-state index in [9.17, 15) is 4.39 Å². The molecule has 2 unspecified atom stereocenters. The second-order valence-corrected chi connectivity index (χ2v) is 8.43. The highest BCUT2D eigenvalue weighted by molar-refractivity contribution is 5.88. The predicted molar refractivity (Wildman–Crippen MR) is 113 cm³/mol. The van der Waals surface area contributed by atoms with Crippen LogP contribution in [0.15, 0.2) is 36.4 Å². The third-order valence-corrected chi connectivity index (χ3v) is 6.43. The molecule has 3 aliphatic rings. The Morgan fingerprint density at radius 1 is 1.13 bits per heavy atom. The number of para-hydroxylation sites is 1. The van der Waals surface area contributed by atoms with Crippen LogP contribution < -0.4 is 10.1 Å². The van der Waals surface area contributed by atoms with E-state index in [1.54, 1.807) is 0 Å². The van der Waals surface area contributed by atoms with Gasteiger partial charge < -0.3 is 19.8 Å². The molecule has 1 aliphatic carbocycles. The van der Waals surface area contributed by atoms with Gasteiger partial charge in [0, 0.05) is 30.6 Å². The number of hydrogen-bond donors (Lipinski definition) is 2. The Morgan fingerprint density at radius 3 is 2.83 bits per heavy atom. The average Bonchev–Trinajstić information content (AvgIpc) is 3.53. The summed E-state index contributed by atoms with van der Waals surface area (Å²) < 4.78 is 25.4. The molecule has 0 radical (unpaired) electrons. The molecule has 3 heterocycles. The van der Waals surface area contributed by atoms with Crippen molar-refractivity contribution in [2.45, 2.75) is 30.8 Å². The lowest BCUT2D eigenvalue weighted by atomic mass is 9.94. The van der Waals surface area contributed by atoms with E-state index in [-0.39, 0.29) is 17.9 Å². The molecular weight excluding hydrogens is 383 g/mol. The van der Waals surface area contributed by atoms with Gasteiger partial charge in [0.05, 0.1) is 36.5 Å². The maximum Gasteiger partial charge on any atom is 0.127 e. The van der Waals surface area contributed by atoms with Crippen LogP contribution in [-0.2, 0) is 4.74 Å². The first-order valence-electron chi connectivity index (χ1n) is 10.8. The molecule has 2 aliphatic heterocycles. The summed E-state index contributed by atoms with van der Waals surface area (Å²) in [5.74, 6) is 1.99. The Labute approximate surface area is 174 Å². The van der Waals surface area contributed by atoms with Gasteiger partial charge in [-0.3, -0.25) is 4.90 Å². The first-order chi connectivity index (χ1) is 14.8. The molecule has 30 heavy (non-hydrogen) atoms. The zero-order valence-corrected chi connectivity index (χ0v) is 16.7. The lowest BCUT2D eigenvalue weighted by Crippen LogP contribution is -2.52. The number of hydrogen-bond acceptors (Lipinski definition) is 5. The summed E-state index contributed by atoms with van der Waals surface area (Å²) in [6.45, 7) is 3.68. The Kier molecular flexibility index (Phi) is 4.39. The van der Waals surface area contributed by atoms with Crippen molar-refractivity contribution in [3.05, 3.63) is 53.6 Å². The molecule has 156 valence electrons. The summed E-state index contributed by atoms with van der Waals surface area (Å²) in [5.41, 5.74) is 4.00. The number of halogens is 1. The van der Waals surface area contributed by atoms with Gasteiger partial charge in [0.1, 0.15) is 29.5 Å². The SMILES string of the molecule is Fc1ccc2c(c1)OCC(N1CCOCC1)C2Nc1cccc2[nH]c(C3CC3)nc12. The fourth-order valence-electron chi connectivity index (χ4n) is 4.65. The van der Waals surface area contributed by atoms with E-state index < -0.39 is 0 Å². The molecule has 0 bridgehead atoms. The van der Waals surface area contributed by atoms with Crippen molar-refractivity contribution >= 4 is 16.7 Å².